The third-order valence-corrected chi connectivity index (χ3v) is 5.90. The summed E-state index contributed by atoms with van der Waals surface area (Å²) in [6.07, 6.45) is 8.13. The van der Waals surface area contributed by atoms with Crippen molar-refractivity contribution in [2.24, 2.45) is 0 Å². The van der Waals surface area contributed by atoms with Crippen molar-refractivity contribution in [3.63, 3.8) is 0 Å². The number of ether oxygens (including phenoxy) is 1. The van der Waals surface area contributed by atoms with E-state index in [1.807, 2.05) is 6.07 Å². The van der Waals surface area contributed by atoms with Gasteiger partial charge >= 0.3 is 0 Å². The molecule has 0 saturated heterocycles. The second-order valence-corrected chi connectivity index (χ2v) is 8.28. The van der Waals surface area contributed by atoms with Crippen LogP contribution in [0.3, 0.4) is 0 Å². The molecule has 2 aliphatic rings. The molecule has 0 aromatic heterocycles. The van der Waals surface area contributed by atoms with Crippen LogP contribution in [0.15, 0.2) is 18.2 Å². The lowest BCUT2D eigenvalue weighted by Crippen LogP contribution is -2.50. The molecular formula is C20H30ClNO. The molecular weight excluding hydrogens is 306 g/mol. The van der Waals surface area contributed by atoms with Crippen molar-refractivity contribution in [2.75, 3.05) is 18.1 Å². The summed E-state index contributed by atoms with van der Waals surface area (Å²) in [6, 6.07) is 6.31. The smallest absolute Gasteiger partial charge is 0.0645 e. The van der Waals surface area contributed by atoms with Gasteiger partial charge in [-0.1, -0.05) is 43.9 Å². The van der Waals surface area contributed by atoms with E-state index in [9.17, 15) is 0 Å². The zero-order valence-corrected chi connectivity index (χ0v) is 15.5. The molecule has 1 aromatic rings. The lowest BCUT2D eigenvalue weighted by atomic mass is 9.80. The molecule has 1 heterocycles. The average molecular weight is 336 g/mol. The lowest BCUT2D eigenvalue weighted by Gasteiger charge is -2.48. The predicted octanol–water partition coefficient (Wildman–Crippen LogP) is 5.78. The molecule has 0 amide bonds. The van der Waals surface area contributed by atoms with E-state index >= 15 is 0 Å². The maximum absolute atomic E-state index is 6.49. The second-order valence-electron chi connectivity index (χ2n) is 7.87. The largest absolute Gasteiger partial charge is 0.376 e. The molecule has 1 unspecified atom stereocenters. The molecule has 1 aliphatic heterocycles. The fourth-order valence-electron chi connectivity index (χ4n) is 4.50. The Balaban J connectivity index is 1.72. The minimum atomic E-state index is 0.146. The molecule has 1 fully saturated rings. The van der Waals surface area contributed by atoms with Crippen LogP contribution in [-0.2, 0) is 4.74 Å². The number of nitrogens with zero attached hydrogens (tertiary/aromatic N) is 1. The lowest BCUT2D eigenvalue weighted by molar-refractivity contribution is 0.0308. The van der Waals surface area contributed by atoms with Gasteiger partial charge in [-0.3, -0.25) is 0 Å². The number of halogens is 1. The number of hydrogen-bond donors (Lipinski definition) is 0. The second kappa shape index (κ2) is 7.03. The Kier molecular flexibility index (Phi) is 5.22. The summed E-state index contributed by atoms with van der Waals surface area (Å²) in [5.41, 5.74) is 2.76. The zero-order valence-electron chi connectivity index (χ0n) is 14.8. The van der Waals surface area contributed by atoms with E-state index in [-0.39, 0.29) is 5.54 Å². The highest BCUT2D eigenvalue weighted by Gasteiger charge is 2.37. The molecule has 1 aliphatic carbocycles. The van der Waals surface area contributed by atoms with Crippen LogP contribution < -0.4 is 4.90 Å². The van der Waals surface area contributed by atoms with E-state index in [0.717, 1.165) is 24.6 Å². The summed E-state index contributed by atoms with van der Waals surface area (Å²) in [4.78, 5) is 2.51. The molecule has 23 heavy (non-hydrogen) atoms. The molecule has 0 spiro atoms. The fourth-order valence-corrected chi connectivity index (χ4v) is 4.86. The Morgan fingerprint density at radius 3 is 2.70 bits per heavy atom. The molecule has 0 radical (unpaired) electrons. The van der Waals surface area contributed by atoms with Gasteiger partial charge in [0.1, 0.15) is 0 Å². The highest BCUT2D eigenvalue weighted by Crippen LogP contribution is 2.45. The Hall–Kier alpha value is -0.730. The van der Waals surface area contributed by atoms with Gasteiger partial charge in [-0.05, 0) is 56.7 Å². The van der Waals surface area contributed by atoms with E-state index in [1.54, 1.807) is 0 Å². The van der Waals surface area contributed by atoms with Gasteiger partial charge in [0.05, 0.1) is 12.7 Å². The third kappa shape index (κ3) is 3.69. The maximum atomic E-state index is 6.49. The van der Waals surface area contributed by atoms with E-state index in [2.05, 4.69) is 37.8 Å². The summed E-state index contributed by atoms with van der Waals surface area (Å²) in [6.45, 7) is 8.74. The van der Waals surface area contributed by atoms with Crippen LogP contribution in [0.25, 0.3) is 0 Å². The Morgan fingerprint density at radius 1 is 1.22 bits per heavy atom. The first-order valence-electron chi connectivity index (χ1n) is 9.17. The number of benzene rings is 1. The van der Waals surface area contributed by atoms with Gasteiger partial charge in [0.2, 0.25) is 0 Å². The van der Waals surface area contributed by atoms with Gasteiger partial charge in [0.25, 0.3) is 0 Å². The monoisotopic (exact) mass is 335 g/mol. The quantitative estimate of drug-likeness (QED) is 0.691. The number of hydrogen-bond acceptors (Lipinski definition) is 2. The van der Waals surface area contributed by atoms with Gasteiger partial charge in [0, 0.05) is 22.8 Å². The average Bonchev–Trinajstić information content (AvgIpc) is 2.50. The minimum absolute atomic E-state index is 0.146. The van der Waals surface area contributed by atoms with Gasteiger partial charge in [-0.25, -0.2) is 0 Å². The van der Waals surface area contributed by atoms with Crippen LogP contribution >= 0.6 is 11.6 Å². The van der Waals surface area contributed by atoms with E-state index in [4.69, 9.17) is 16.3 Å². The first-order chi connectivity index (χ1) is 11.0. The number of rotatable bonds is 4. The van der Waals surface area contributed by atoms with Crippen molar-refractivity contribution in [3.05, 3.63) is 28.8 Å². The van der Waals surface area contributed by atoms with Crippen LogP contribution in [0.1, 0.15) is 70.8 Å². The Morgan fingerprint density at radius 2 is 1.96 bits per heavy atom. The van der Waals surface area contributed by atoms with Crippen molar-refractivity contribution < 1.29 is 4.74 Å². The Bertz CT molecular complexity index is 536. The molecule has 1 aromatic carbocycles. The SMILES string of the molecule is CC1CC(C)(C)N(CCOC2CCCCC2)c2cccc(Cl)c21. The third-order valence-electron chi connectivity index (χ3n) is 5.57. The predicted molar refractivity (Wildman–Crippen MR) is 98.7 cm³/mol. The Labute approximate surface area is 146 Å². The fraction of sp³-hybridized carbons (Fsp3) is 0.700. The van der Waals surface area contributed by atoms with Gasteiger partial charge in [-0.2, -0.15) is 0 Å². The maximum Gasteiger partial charge on any atom is 0.0645 e. The van der Waals surface area contributed by atoms with Crippen LogP contribution in [0.5, 0.6) is 0 Å². The van der Waals surface area contributed by atoms with E-state index < -0.39 is 0 Å². The van der Waals surface area contributed by atoms with Crippen molar-refractivity contribution in [1.29, 1.82) is 0 Å². The molecule has 3 rings (SSSR count). The molecule has 0 N–H and O–H groups in total. The van der Waals surface area contributed by atoms with E-state index in [0.29, 0.717) is 12.0 Å². The molecule has 1 saturated carbocycles. The van der Waals surface area contributed by atoms with Crippen molar-refractivity contribution in [3.8, 4) is 0 Å². The van der Waals surface area contributed by atoms with Gasteiger partial charge in [0.15, 0.2) is 0 Å². The molecule has 3 heteroatoms. The van der Waals surface area contributed by atoms with Gasteiger partial charge < -0.3 is 9.64 Å². The molecule has 2 nitrogen and oxygen atoms in total. The van der Waals surface area contributed by atoms with E-state index in [1.165, 1.54) is 43.4 Å². The van der Waals surface area contributed by atoms with Crippen LogP contribution in [0, 0.1) is 0 Å². The summed E-state index contributed by atoms with van der Waals surface area (Å²) >= 11 is 6.49. The first kappa shape index (κ1) is 17.1. The number of anilines is 1. The standard InChI is InChI=1S/C20H30ClNO/c1-15-14-20(2,3)22(18-11-7-10-17(21)19(15)18)12-13-23-16-8-5-4-6-9-16/h7,10-11,15-16H,4-6,8-9,12-14H2,1-3H3. The van der Waals surface area contributed by atoms with Gasteiger partial charge in [-0.15, -0.1) is 0 Å². The van der Waals surface area contributed by atoms with Crippen molar-refractivity contribution in [2.45, 2.75) is 76.9 Å². The normalized spacial score (nSPS) is 24.5. The highest BCUT2D eigenvalue weighted by molar-refractivity contribution is 6.31. The van der Waals surface area contributed by atoms with Crippen LogP contribution in [-0.4, -0.2) is 24.8 Å². The summed E-state index contributed by atoms with van der Waals surface area (Å²) in [5, 5.41) is 0.906. The molecule has 1 atom stereocenters. The highest BCUT2D eigenvalue weighted by atomic mass is 35.5. The minimum Gasteiger partial charge on any atom is -0.376 e. The summed E-state index contributed by atoms with van der Waals surface area (Å²) < 4.78 is 6.18. The first-order valence-corrected chi connectivity index (χ1v) is 9.54. The molecule has 128 valence electrons. The van der Waals surface area contributed by atoms with Crippen LogP contribution in [0.4, 0.5) is 5.69 Å². The zero-order chi connectivity index (χ0) is 16.4. The summed E-state index contributed by atoms with van der Waals surface area (Å²) in [7, 11) is 0. The van der Waals surface area contributed by atoms with Crippen molar-refractivity contribution in [1.82, 2.24) is 0 Å². The summed E-state index contributed by atoms with van der Waals surface area (Å²) in [5.74, 6) is 0.504. The molecule has 0 bridgehead atoms. The van der Waals surface area contributed by atoms with Crippen LogP contribution in [0.2, 0.25) is 5.02 Å². The number of fused-ring (bicyclic) bond motifs is 1. The topological polar surface area (TPSA) is 12.5 Å². The van der Waals surface area contributed by atoms with Crippen molar-refractivity contribution >= 4 is 17.3 Å².